The van der Waals surface area contributed by atoms with Crippen LogP contribution >= 0.6 is 0 Å². The number of ether oxygens (including phenoxy) is 1. The number of fused-ring (bicyclic) bond motifs is 5. The summed E-state index contributed by atoms with van der Waals surface area (Å²) in [7, 11) is 0. The molecule has 1 aromatic heterocycles. The molecule has 12 heteroatoms. The highest BCUT2D eigenvalue weighted by molar-refractivity contribution is 6.01. The van der Waals surface area contributed by atoms with E-state index < -0.39 is 82.3 Å². The Balaban J connectivity index is 1.37. The molecule has 10 atom stereocenters. The van der Waals surface area contributed by atoms with Gasteiger partial charge in [-0.15, -0.1) is 0 Å². The zero-order valence-corrected chi connectivity index (χ0v) is 24.9. The van der Waals surface area contributed by atoms with E-state index in [0.717, 1.165) is 0 Å². The van der Waals surface area contributed by atoms with Gasteiger partial charge in [0, 0.05) is 35.1 Å². The minimum Gasteiger partial charge on any atom is -0.456 e. The number of ketones is 2. The van der Waals surface area contributed by atoms with Crippen molar-refractivity contribution in [3.63, 3.8) is 0 Å². The number of halogens is 1. The molecule has 234 valence electrons. The van der Waals surface area contributed by atoms with E-state index in [1.165, 1.54) is 31.6 Å². The van der Waals surface area contributed by atoms with Crippen LogP contribution in [-0.4, -0.2) is 79.7 Å². The Kier molecular flexibility index (Phi) is 7.80. The number of alkyl halides is 1. The first-order valence-electron chi connectivity index (χ1n) is 14.9. The average Bonchev–Trinajstić information content (AvgIpc) is 3.53. The van der Waals surface area contributed by atoms with E-state index in [2.05, 4.69) is 15.3 Å². The van der Waals surface area contributed by atoms with Crippen LogP contribution in [0.25, 0.3) is 0 Å². The molecule has 5 rings (SSSR count). The van der Waals surface area contributed by atoms with E-state index >= 15 is 4.39 Å². The van der Waals surface area contributed by atoms with E-state index in [0.29, 0.717) is 30.5 Å². The van der Waals surface area contributed by atoms with Gasteiger partial charge in [0.25, 0.3) is 0 Å². The first-order valence-corrected chi connectivity index (χ1v) is 14.9. The molecule has 4 aliphatic rings. The third-order valence-electron chi connectivity index (χ3n) is 11.0. The number of nitrogens with zero attached hydrogens (tertiary/aromatic N) is 1. The van der Waals surface area contributed by atoms with Crippen molar-refractivity contribution in [2.24, 2.45) is 34.3 Å². The maximum atomic E-state index is 17.4. The standard InChI is InChI=1S/C31H41FN4O7/c1-16-9-22-21-6-5-18-10-20(37)7-8-28(18,3)30(21,32)24(38)12-29(22,4)31(16,42)25(39)14-43-27(41)23(36-26(40)17(2)33)11-19-13-34-15-35-19/h7-8,10,13,15-17,21-24,38,42H,5-6,9,11-12,14,33H2,1-4H3,(H,34,35)(H,36,40)/t16-,17+,21+,22+,23+,24+,28+,29+,30+,31+/m1/s1. The Morgan fingerprint density at radius 3 is 2.67 bits per heavy atom. The second-order valence-electron chi connectivity index (χ2n) is 13.3. The third kappa shape index (κ3) is 4.60. The lowest BCUT2D eigenvalue weighted by Gasteiger charge is -2.62. The van der Waals surface area contributed by atoms with Crippen LogP contribution in [0.4, 0.5) is 4.39 Å². The zero-order valence-electron chi connectivity index (χ0n) is 24.9. The van der Waals surface area contributed by atoms with Crippen LogP contribution in [0.1, 0.15) is 59.1 Å². The number of imidazole rings is 1. The van der Waals surface area contributed by atoms with Crippen LogP contribution in [0.15, 0.2) is 36.3 Å². The molecule has 0 bridgehead atoms. The van der Waals surface area contributed by atoms with Crippen LogP contribution in [0.2, 0.25) is 0 Å². The summed E-state index contributed by atoms with van der Waals surface area (Å²) in [4.78, 5) is 58.0. The second kappa shape index (κ2) is 10.7. The number of hydrogen-bond acceptors (Lipinski definition) is 9. The quantitative estimate of drug-likeness (QED) is 0.274. The fourth-order valence-corrected chi connectivity index (χ4v) is 8.60. The number of hydrogen-bond donors (Lipinski definition) is 5. The summed E-state index contributed by atoms with van der Waals surface area (Å²) in [5.41, 5.74) is 0.325. The Morgan fingerprint density at radius 2 is 2.02 bits per heavy atom. The lowest BCUT2D eigenvalue weighted by Crippen LogP contribution is -2.69. The number of aliphatic hydroxyl groups is 2. The van der Waals surface area contributed by atoms with Gasteiger partial charge in [0.1, 0.15) is 11.6 Å². The fraction of sp³-hybridized carbons (Fsp3) is 0.645. The van der Waals surface area contributed by atoms with Gasteiger partial charge in [-0.1, -0.05) is 25.5 Å². The minimum absolute atomic E-state index is 0.00758. The number of aliphatic hydroxyl groups excluding tert-OH is 1. The molecule has 0 aliphatic heterocycles. The van der Waals surface area contributed by atoms with Gasteiger partial charge in [-0.2, -0.15) is 0 Å². The maximum absolute atomic E-state index is 17.4. The second-order valence-corrected chi connectivity index (χ2v) is 13.3. The van der Waals surface area contributed by atoms with Crippen molar-refractivity contribution in [3.8, 4) is 0 Å². The largest absolute Gasteiger partial charge is 0.456 e. The molecule has 3 saturated carbocycles. The summed E-state index contributed by atoms with van der Waals surface area (Å²) in [6, 6.07) is -2.07. The summed E-state index contributed by atoms with van der Waals surface area (Å²) in [6.07, 6.45) is 6.71. The normalized spacial score (nSPS) is 39.5. The van der Waals surface area contributed by atoms with Gasteiger partial charge >= 0.3 is 5.97 Å². The van der Waals surface area contributed by atoms with Gasteiger partial charge < -0.3 is 31.0 Å². The van der Waals surface area contributed by atoms with Crippen molar-refractivity contribution in [1.29, 1.82) is 0 Å². The zero-order chi connectivity index (χ0) is 31.5. The van der Waals surface area contributed by atoms with Crippen LogP contribution in [0.5, 0.6) is 0 Å². The van der Waals surface area contributed by atoms with Crippen LogP contribution < -0.4 is 11.1 Å². The van der Waals surface area contributed by atoms with E-state index in [1.807, 2.05) is 0 Å². The smallest absolute Gasteiger partial charge is 0.329 e. The lowest BCUT2D eigenvalue weighted by molar-refractivity contribution is -0.220. The Hall–Kier alpha value is -3.22. The molecule has 6 N–H and O–H groups in total. The monoisotopic (exact) mass is 600 g/mol. The molecule has 11 nitrogen and oxygen atoms in total. The van der Waals surface area contributed by atoms with E-state index in [-0.39, 0.29) is 18.6 Å². The number of esters is 1. The molecule has 1 amide bonds. The minimum atomic E-state index is -2.10. The first kappa shape index (κ1) is 31.2. The van der Waals surface area contributed by atoms with Gasteiger partial charge in [-0.25, -0.2) is 14.2 Å². The summed E-state index contributed by atoms with van der Waals surface area (Å²) in [5, 5.41) is 26.2. The predicted molar refractivity (Wildman–Crippen MR) is 152 cm³/mol. The average molecular weight is 601 g/mol. The van der Waals surface area contributed by atoms with Gasteiger partial charge in [0.05, 0.1) is 18.5 Å². The SMILES string of the molecule is C[C@H](N)C(=O)N[C@@H](Cc1cnc[nH]1)C(=O)OCC(=O)[C@@]1(O)[C@H](C)C[C@H]2[C@@H]3CCC4=CC(=O)C=C[C@]4(C)[C@@]3(F)[C@@H](O)C[C@@]21C. The highest BCUT2D eigenvalue weighted by Gasteiger charge is 2.75. The molecule has 1 aromatic rings. The molecule has 0 saturated heterocycles. The van der Waals surface area contributed by atoms with Gasteiger partial charge in [0.2, 0.25) is 11.7 Å². The Bertz CT molecular complexity index is 1380. The molecule has 3 fully saturated rings. The fourth-order valence-electron chi connectivity index (χ4n) is 8.60. The molecule has 0 spiro atoms. The van der Waals surface area contributed by atoms with E-state index in [9.17, 15) is 29.4 Å². The molecule has 43 heavy (non-hydrogen) atoms. The summed E-state index contributed by atoms with van der Waals surface area (Å²) < 4.78 is 22.7. The molecule has 0 unspecified atom stereocenters. The predicted octanol–water partition coefficient (Wildman–Crippen LogP) is 1.24. The first-order chi connectivity index (χ1) is 20.1. The molecule has 0 radical (unpaired) electrons. The summed E-state index contributed by atoms with van der Waals surface area (Å²) >= 11 is 0. The number of carbonyl (C=O) groups is 4. The Morgan fingerprint density at radius 1 is 1.30 bits per heavy atom. The number of H-pyrrole nitrogens is 1. The van der Waals surface area contributed by atoms with Crippen molar-refractivity contribution in [1.82, 2.24) is 15.3 Å². The number of nitrogens with one attached hydrogen (secondary N) is 2. The molecular formula is C31H41FN4O7. The molecule has 0 aromatic carbocycles. The topological polar surface area (TPSA) is 185 Å². The molecule has 4 aliphatic carbocycles. The number of nitrogens with two attached hydrogens (primary N) is 1. The lowest BCUT2D eigenvalue weighted by atomic mass is 9.44. The van der Waals surface area contributed by atoms with E-state index in [4.69, 9.17) is 10.5 Å². The molecular weight excluding hydrogens is 559 g/mol. The van der Waals surface area contributed by atoms with Gasteiger partial charge in [-0.3, -0.25) is 14.4 Å². The maximum Gasteiger partial charge on any atom is 0.329 e. The van der Waals surface area contributed by atoms with Crippen molar-refractivity contribution in [3.05, 3.63) is 42.0 Å². The van der Waals surface area contributed by atoms with Gasteiger partial charge in [-0.05, 0) is 63.5 Å². The highest BCUT2D eigenvalue weighted by Crippen LogP contribution is 2.70. The van der Waals surface area contributed by atoms with Crippen molar-refractivity contribution in [2.75, 3.05) is 6.61 Å². The summed E-state index contributed by atoms with van der Waals surface area (Å²) in [5.74, 6) is -4.19. The van der Waals surface area contributed by atoms with Crippen molar-refractivity contribution in [2.45, 2.75) is 89.3 Å². The number of Topliss-reactive ketones (excluding diaryl/α,β-unsaturated/α-hetero) is 1. The van der Waals surface area contributed by atoms with Crippen LogP contribution in [0.3, 0.4) is 0 Å². The third-order valence-corrected chi connectivity index (χ3v) is 11.0. The van der Waals surface area contributed by atoms with Crippen molar-refractivity contribution >= 4 is 23.4 Å². The number of amides is 1. The highest BCUT2D eigenvalue weighted by atomic mass is 19.1. The van der Waals surface area contributed by atoms with Crippen molar-refractivity contribution < 1.29 is 38.5 Å². The van der Waals surface area contributed by atoms with Crippen LogP contribution in [0, 0.1) is 28.6 Å². The number of allylic oxidation sites excluding steroid dienone is 4. The number of rotatable bonds is 8. The number of carbonyl (C=O) groups excluding carboxylic acids is 4. The van der Waals surface area contributed by atoms with E-state index in [1.54, 1.807) is 26.8 Å². The number of aromatic nitrogens is 2. The van der Waals surface area contributed by atoms with Crippen LogP contribution in [-0.2, 0) is 30.3 Å². The number of aromatic amines is 1. The Labute approximate surface area is 249 Å². The molecule has 1 heterocycles. The van der Waals surface area contributed by atoms with Gasteiger partial charge in [0.15, 0.2) is 18.1 Å². The summed E-state index contributed by atoms with van der Waals surface area (Å²) in [6.45, 7) is 5.82.